The standard InChI is InChI=1S/C23H28N6O2/c1-16-5-4-6-19-21(16)26-23(31)29(19)18-8-11-27(12-9-18)20-7-2-3-10-28(20)22(30)17-13-24-15-25-14-17/h4-6,13-15,18,20H,2-3,7-12H2,1H3,(H,26,31). The maximum atomic E-state index is 13.1. The van der Waals surface area contributed by atoms with Crippen molar-refractivity contribution in [3.63, 3.8) is 0 Å². The van der Waals surface area contributed by atoms with E-state index in [1.54, 1.807) is 12.4 Å². The van der Waals surface area contributed by atoms with Gasteiger partial charge in [-0.25, -0.2) is 14.8 Å². The first-order valence-corrected chi connectivity index (χ1v) is 11.1. The minimum Gasteiger partial charge on any atom is -0.323 e. The molecule has 2 aromatic heterocycles. The van der Waals surface area contributed by atoms with E-state index >= 15 is 0 Å². The van der Waals surface area contributed by atoms with Gasteiger partial charge in [-0.2, -0.15) is 0 Å². The van der Waals surface area contributed by atoms with Crippen LogP contribution in [-0.4, -0.2) is 61.0 Å². The van der Waals surface area contributed by atoms with Gasteiger partial charge in [-0.15, -0.1) is 0 Å². The molecule has 0 radical (unpaired) electrons. The summed E-state index contributed by atoms with van der Waals surface area (Å²) in [7, 11) is 0. The third kappa shape index (κ3) is 3.65. The van der Waals surface area contributed by atoms with Crippen LogP contribution in [0.5, 0.6) is 0 Å². The molecule has 1 atom stereocenters. The number of likely N-dealkylation sites (tertiary alicyclic amines) is 2. The number of amides is 1. The van der Waals surface area contributed by atoms with E-state index in [2.05, 4.69) is 19.9 Å². The number of H-pyrrole nitrogens is 1. The smallest absolute Gasteiger partial charge is 0.323 e. The summed E-state index contributed by atoms with van der Waals surface area (Å²) in [6, 6.07) is 6.23. The second-order valence-corrected chi connectivity index (χ2v) is 8.64. The Hall–Kier alpha value is -3.00. The van der Waals surface area contributed by atoms with Gasteiger partial charge >= 0.3 is 5.69 Å². The van der Waals surface area contributed by atoms with Crippen molar-refractivity contribution in [3.8, 4) is 0 Å². The molecule has 0 spiro atoms. The SMILES string of the molecule is Cc1cccc2c1[nH]c(=O)n2C1CCN(C2CCCCN2C(=O)c2cncnc2)CC1. The van der Waals surface area contributed by atoms with Crippen molar-refractivity contribution in [3.05, 3.63) is 58.5 Å². The number of carbonyl (C=O) groups excluding carboxylic acids is 1. The summed E-state index contributed by atoms with van der Waals surface area (Å²) in [5.74, 6) is 0.00995. The van der Waals surface area contributed by atoms with E-state index in [0.717, 1.165) is 68.3 Å². The predicted molar refractivity (Wildman–Crippen MR) is 118 cm³/mol. The fourth-order valence-electron chi connectivity index (χ4n) is 5.20. The van der Waals surface area contributed by atoms with Crippen molar-refractivity contribution in [2.24, 2.45) is 0 Å². The Morgan fingerprint density at radius 2 is 1.84 bits per heavy atom. The summed E-state index contributed by atoms with van der Waals surface area (Å²) in [5, 5.41) is 0. The average Bonchev–Trinajstić information content (AvgIpc) is 3.16. The number of nitrogens with one attached hydrogen (secondary N) is 1. The molecule has 2 aliphatic heterocycles. The number of piperidine rings is 2. The number of carbonyl (C=O) groups is 1. The second kappa shape index (κ2) is 8.26. The molecule has 8 nitrogen and oxygen atoms in total. The molecule has 5 rings (SSSR count). The molecule has 2 saturated heterocycles. The minimum atomic E-state index is -0.0266. The molecule has 162 valence electrons. The fourth-order valence-corrected chi connectivity index (χ4v) is 5.20. The summed E-state index contributed by atoms with van der Waals surface area (Å²) in [4.78, 5) is 41.3. The van der Waals surface area contributed by atoms with E-state index in [0.29, 0.717) is 5.56 Å². The molecule has 4 heterocycles. The number of nitrogens with zero attached hydrogens (tertiary/aromatic N) is 5. The molecule has 2 fully saturated rings. The van der Waals surface area contributed by atoms with Crippen LogP contribution in [0.3, 0.4) is 0 Å². The minimum absolute atomic E-state index is 0.00995. The van der Waals surface area contributed by atoms with Crippen LogP contribution in [0.2, 0.25) is 0 Å². The van der Waals surface area contributed by atoms with Gasteiger partial charge in [-0.3, -0.25) is 14.3 Å². The number of fused-ring (bicyclic) bond motifs is 1. The molecule has 1 N–H and O–H groups in total. The highest BCUT2D eigenvalue weighted by atomic mass is 16.2. The van der Waals surface area contributed by atoms with Gasteiger partial charge in [-0.1, -0.05) is 12.1 Å². The Labute approximate surface area is 180 Å². The van der Waals surface area contributed by atoms with E-state index in [1.807, 2.05) is 34.6 Å². The van der Waals surface area contributed by atoms with Gasteiger partial charge < -0.3 is 9.88 Å². The van der Waals surface area contributed by atoms with E-state index in [9.17, 15) is 9.59 Å². The Kier molecular flexibility index (Phi) is 5.31. The van der Waals surface area contributed by atoms with Crippen LogP contribution in [0.1, 0.15) is 54.1 Å². The molecule has 1 aromatic carbocycles. The third-order valence-corrected chi connectivity index (χ3v) is 6.79. The van der Waals surface area contributed by atoms with Crippen LogP contribution < -0.4 is 5.69 Å². The number of para-hydroxylation sites is 1. The maximum Gasteiger partial charge on any atom is 0.326 e. The summed E-state index contributed by atoms with van der Waals surface area (Å²) in [5.41, 5.74) is 3.53. The van der Waals surface area contributed by atoms with E-state index < -0.39 is 0 Å². The Morgan fingerprint density at radius 3 is 2.61 bits per heavy atom. The lowest BCUT2D eigenvalue weighted by Gasteiger charge is -2.45. The normalized spacial score (nSPS) is 20.9. The van der Waals surface area contributed by atoms with Crippen LogP contribution in [0, 0.1) is 6.92 Å². The molecule has 3 aromatic rings. The van der Waals surface area contributed by atoms with Crippen LogP contribution in [0.4, 0.5) is 0 Å². The van der Waals surface area contributed by atoms with Crippen molar-refractivity contribution in [1.29, 1.82) is 0 Å². The maximum absolute atomic E-state index is 13.1. The molecule has 8 heteroatoms. The topological polar surface area (TPSA) is 87.1 Å². The zero-order valence-corrected chi connectivity index (χ0v) is 17.8. The van der Waals surface area contributed by atoms with E-state index in [-0.39, 0.29) is 23.8 Å². The Bertz CT molecular complexity index is 1130. The number of benzene rings is 1. The molecular formula is C23H28N6O2. The largest absolute Gasteiger partial charge is 0.326 e. The summed E-state index contributed by atoms with van der Waals surface area (Å²) in [6.07, 6.45) is 9.67. The zero-order valence-electron chi connectivity index (χ0n) is 17.8. The summed E-state index contributed by atoms with van der Waals surface area (Å²) >= 11 is 0. The highest BCUT2D eigenvalue weighted by Crippen LogP contribution is 2.30. The second-order valence-electron chi connectivity index (χ2n) is 8.64. The van der Waals surface area contributed by atoms with Gasteiger partial charge in [0, 0.05) is 38.1 Å². The first kappa shape index (κ1) is 19.9. The molecule has 0 aliphatic carbocycles. The van der Waals surface area contributed by atoms with Gasteiger partial charge in [0.2, 0.25) is 0 Å². The number of aromatic amines is 1. The number of rotatable bonds is 3. The number of aryl methyl sites for hydroxylation is 1. The molecule has 0 bridgehead atoms. The molecule has 1 unspecified atom stereocenters. The van der Waals surface area contributed by atoms with Crippen molar-refractivity contribution in [2.75, 3.05) is 19.6 Å². The number of aromatic nitrogens is 4. The van der Waals surface area contributed by atoms with Crippen molar-refractivity contribution >= 4 is 16.9 Å². The van der Waals surface area contributed by atoms with Crippen molar-refractivity contribution in [1.82, 2.24) is 29.3 Å². The first-order valence-electron chi connectivity index (χ1n) is 11.1. The molecule has 31 heavy (non-hydrogen) atoms. The number of hydrogen-bond donors (Lipinski definition) is 1. The number of hydrogen-bond acceptors (Lipinski definition) is 5. The lowest BCUT2D eigenvalue weighted by atomic mass is 10.00. The van der Waals surface area contributed by atoms with Gasteiger partial charge in [0.05, 0.1) is 22.8 Å². The highest BCUT2D eigenvalue weighted by Gasteiger charge is 2.35. The Balaban J connectivity index is 1.33. The van der Waals surface area contributed by atoms with Gasteiger partial charge in [0.25, 0.3) is 5.91 Å². The number of imidazole rings is 1. The molecule has 1 amide bonds. The fraction of sp³-hybridized carbons (Fsp3) is 0.478. The van der Waals surface area contributed by atoms with Gasteiger partial charge in [0.1, 0.15) is 6.33 Å². The zero-order chi connectivity index (χ0) is 21.4. The summed E-state index contributed by atoms with van der Waals surface area (Å²) in [6.45, 7) is 4.53. The monoisotopic (exact) mass is 420 g/mol. The van der Waals surface area contributed by atoms with Gasteiger partial charge in [0.15, 0.2) is 0 Å². The van der Waals surface area contributed by atoms with Crippen LogP contribution in [0.25, 0.3) is 11.0 Å². The van der Waals surface area contributed by atoms with Crippen LogP contribution in [0.15, 0.2) is 41.7 Å². The van der Waals surface area contributed by atoms with Crippen LogP contribution >= 0.6 is 0 Å². The van der Waals surface area contributed by atoms with E-state index in [1.165, 1.54) is 6.33 Å². The van der Waals surface area contributed by atoms with Crippen molar-refractivity contribution in [2.45, 2.75) is 51.2 Å². The van der Waals surface area contributed by atoms with Crippen molar-refractivity contribution < 1.29 is 4.79 Å². The average molecular weight is 421 g/mol. The molecule has 0 saturated carbocycles. The predicted octanol–water partition coefficient (Wildman–Crippen LogP) is 2.72. The lowest BCUT2D eigenvalue weighted by molar-refractivity contribution is 0.00115. The molecular weight excluding hydrogens is 392 g/mol. The van der Waals surface area contributed by atoms with Gasteiger partial charge in [-0.05, 0) is 50.7 Å². The molecule has 2 aliphatic rings. The summed E-state index contributed by atoms with van der Waals surface area (Å²) < 4.78 is 1.94. The van der Waals surface area contributed by atoms with Crippen LogP contribution in [-0.2, 0) is 0 Å². The third-order valence-electron chi connectivity index (χ3n) is 6.79. The first-order chi connectivity index (χ1) is 15.1. The quantitative estimate of drug-likeness (QED) is 0.704. The Morgan fingerprint density at radius 1 is 1.06 bits per heavy atom. The lowest BCUT2D eigenvalue weighted by Crippen LogP contribution is -2.55. The van der Waals surface area contributed by atoms with E-state index in [4.69, 9.17) is 0 Å². The highest BCUT2D eigenvalue weighted by molar-refractivity contribution is 5.93.